The molecule has 2 N–H and O–H groups in total. The molecule has 6 nitrogen and oxygen atoms in total. The Morgan fingerprint density at radius 3 is 2.78 bits per heavy atom. The highest BCUT2D eigenvalue weighted by molar-refractivity contribution is 5.85. The average molecular weight is 312 g/mol. The lowest BCUT2D eigenvalue weighted by Crippen LogP contribution is -2.40. The van der Waals surface area contributed by atoms with Crippen molar-refractivity contribution < 1.29 is 4.74 Å². The lowest BCUT2D eigenvalue weighted by molar-refractivity contribution is -0.0415. The molecule has 2 aliphatic carbocycles. The average Bonchev–Trinajstić information content (AvgIpc) is 3.44. The third-order valence-electron chi connectivity index (χ3n) is 5.49. The van der Waals surface area contributed by atoms with Gasteiger partial charge in [-0.15, -0.1) is 0 Å². The molecule has 3 heterocycles. The van der Waals surface area contributed by atoms with Gasteiger partial charge in [-0.1, -0.05) is 0 Å². The third-order valence-corrected chi connectivity index (χ3v) is 5.49. The maximum Gasteiger partial charge on any atom is 0.351 e. The number of nitrogens with zero attached hydrogens (tertiary/aromatic N) is 3. The van der Waals surface area contributed by atoms with Gasteiger partial charge in [0.15, 0.2) is 0 Å². The van der Waals surface area contributed by atoms with Crippen LogP contribution in [0.4, 0.5) is 5.82 Å². The molecule has 0 bridgehead atoms. The standard InChI is InChI=1S/C17H20N4O2/c18-14-11-5-6-12(10-3-4-10)19-15(11)21(16(22)20-14)13-2-1-9-23-17(13)7-8-17/h5-6,10,13H,1-4,7-9H2,(H2,18,20,22)/t13-/m0/s1. The molecule has 5 rings (SSSR count). The number of hydrogen-bond acceptors (Lipinski definition) is 5. The van der Waals surface area contributed by atoms with Crippen molar-refractivity contribution in [2.24, 2.45) is 0 Å². The van der Waals surface area contributed by atoms with Crippen LogP contribution in [0.25, 0.3) is 11.0 Å². The maximum absolute atomic E-state index is 12.6. The monoisotopic (exact) mass is 312 g/mol. The fourth-order valence-electron chi connectivity index (χ4n) is 3.92. The van der Waals surface area contributed by atoms with Crippen LogP contribution >= 0.6 is 0 Å². The minimum atomic E-state index is -0.294. The van der Waals surface area contributed by atoms with E-state index in [1.165, 1.54) is 12.8 Å². The second-order valence-electron chi connectivity index (χ2n) is 7.10. The molecule has 2 saturated carbocycles. The molecule has 1 atom stereocenters. The molecule has 3 aliphatic rings. The van der Waals surface area contributed by atoms with Crippen molar-refractivity contribution in [1.82, 2.24) is 14.5 Å². The minimum Gasteiger partial charge on any atom is -0.383 e. The molecule has 2 aromatic heterocycles. The van der Waals surface area contributed by atoms with Crippen LogP contribution in [-0.2, 0) is 4.74 Å². The van der Waals surface area contributed by atoms with E-state index in [1.54, 1.807) is 4.57 Å². The first kappa shape index (κ1) is 13.5. The number of nitrogen functional groups attached to an aromatic ring is 1. The molecule has 120 valence electrons. The Kier molecular flexibility index (Phi) is 2.66. The fraction of sp³-hybridized carbons (Fsp3) is 0.588. The first-order chi connectivity index (χ1) is 11.2. The van der Waals surface area contributed by atoms with Crippen LogP contribution < -0.4 is 11.4 Å². The Morgan fingerprint density at radius 1 is 1.22 bits per heavy atom. The number of fused-ring (bicyclic) bond motifs is 1. The second kappa shape index (κ2) is 4.54. The number of pyridine rings is 1. The van der Waals surface area contributed by atoms with Crippen LogP contribution in [0, 0.1) is 0 Å². The molecule has 1 aliphatic heterocycles. The van der Waals surface area contributed by atoms with Crippen LogP contribution in [-0.4, -0.2) is 26.7 Å². The summed E-state index contributed by atoms with van der Waals surface area (Å²) in [6.45, 7) is 0.784. The highest BCUT2D eigenvalue weighted by Crippen LogP contribution is 2.52. The summed E-state index contributed by atoms with van der Waals surface area (Å²) in [5.41, 5.74) is 7.27. The zero-order valence-electron chi connectivity index (χ0n) is 13.0. The molecule has 0 radical (unpaired) electrons. The summed E-state index contributed by atoms with van der Waals surface area (Å²) in [5, 5.41) is 0.773. The van der Waals surface area contributed by atoms with Gasteiger partial charge in [-0.2, -0.15) is 4.98 Å². The molecule has 0 aromatic carbocycles. The fourth-order valence-corrected chi connectivity index (χ4v) is 3.92. The van der Waals surface area contributed by atoms with Gasteiger partial charge in [-0.05, 0) is 50.7 Å². The second-order valence-corrected chi connectivity index (χ2v) is 7.10. The highest BCUT2D eigenvalue weighted by Gasteiger charge is 2.53. The van der Waals surface area contributed by atoms with E-state index in [0.717, 1.165) is 43.4 Å². The van der Waals surface area contributed by atoms with E-state index in [4.69, 9.17) is 15.5 Å². The molecule has 2 aromatic rings. The summed E-state index contributed by atoms with van der Waals surface area (Å²) < 4.78 is 7.79. The third kappa shape index (κ3) is 2.01. The Balaban J connectivity index is 1.75. The van der Waals surface area contributed by atoms with Gasteiger partial charge in [-0.3, -0.25) is 4.57 Å². The van der Waals surface area contributed by atoms with E-state index in [1.807, 2.05) is 12.1 Å². The van der Waals surface area contributed by atoms with Crippen molar-refractivity contribution >= 4 is 16.9 Å². The zero-order valence-corrected chi connectivity index (χ0v) is 13.0. The van der Waals surface area contributed by atoms with Gasteiger partial charge >= 0.3 is 5.69 Å². The summed E-state index contributed by atoms with van der Waals surface area (Å²) in [4.78, 5) is 21.5. The molecule has 0 amide bonds. The number of rotatable bonds is 2. The van der Waals surface area contributed by atoms with Crippen molar-refractivity contribution in [3.63, 3.8) is 0 Å². The van der Waals surface area contributed by atoms with Crippen molar-refractivity contribution in [2.45, 2.75) is 56.1 Å². The van der Waals surface area contributed by atoms with E-state index in [0.29, 0.717) is 11.6 Å². The van der Waals surface area contributed by atoms with Crippen LogP contribution in [0.5, 0.6) is 0 Å². The van der Waals surface area contributed by atoms with Gasteiger partial charge in [-0.25, -0.2) is 9.78 Å². The van der Waals surface area contributed by atoms with Crippen molar-refractivity contribution in [3.8, 4) is 0 Å². The summed E-state index contributed by atoms with van der Waals surface area (Å²) in [6.07, 6.45) is 6.29. The number of hydrogen-bond donors (Lipinski definition) is 1. The number of aromatic nitrogens is 3. The van der Waals surface area contributed by atoms with E-state index in [-0.39, 0.29) is 23.2 Å². The predicted molar refractivity (Wildman–Crippen MR) is 86.4 cm³/mol. The van der Waals surface area contributed by atoms with E-state index in [2.05, 4.69) is 4.98 Å². The predicted octanol–water partition coefficient (Wildman–Crippen LogP) is 2.14. The van der Waals surface area contributed by atoms with Gasteiger partial charge in [0, 0.05) is 18.2 Å². The topological polar surface area (TPSA) is 83.0 Å². The smallest absolute Gasteiger partial charge is 0.351 e. The lowest BCUT2D eigenvalue weighted by Gasteiger charge is -2.33. The van der Waals surface area contributed by atoms with Crippen LogP contribution in [0.1, 0.15) is 56.2 Å². The van der Waals surface area contributed by atoms with E-state index < -0.39 is 0 Å². The van der Waals surface area contributed by atoms with Crippen LogP contribution in [0.15, 0.2) is 16.9 Å². The molecule has 0 unspecified atom stereocenters. The summed E-state index contributed by atoms with van der Waals surface area (Å²) in [7, 11) is 0. The van der Waals surface area contributed by atoms with E-state index >= 15 is 0 Å². The Hall–Kier alpha value is -1.95. The van der Waals surface area contributed by atoms with Gasteiger partial charge in [0.05, 0.1) is 17.0 Å². The first-order valence-electron chi connectivity index (χ1n) is 8.51. The summed E-state index contributed by atoms with van der Waals surface area (Å²) in [5.74, 6) is 0.813. The molecule has 1 spiro atoms. The quantitative estimate of drug-likeness (QED) is 0.918. The lowest BCUT2D eigenvalue weighted by atomic mass is 10.00. The number of nitrogens with two attached hydrogens (primary N) is 1. The summed E-state index contributed by atoms with van der Waals surface area (Å²) >= 11 is 0. The molecule has 3 fully saturated rings. The van der Waals surface area contributed by atoms with Gasteiger partial charge < -0.3 is 10.5 Å². The Morgan fingerprint density at radius 2 is 2.04 bits per heavy atom. The van der Waals surface area contributed by atoms with E-state index in [9.17, 15) is 4.79 Å². The summed E-state index contributed by atoms with van der Waals surface area (Å²) in [6, 6.07) is 4.02. The molecular weight excluding hydrogens is 292 g/mol. The Labute approximate surface area is 133 Å². The van der Waals surface area contributed by atoms with Crippen molar-refractivity contribution in [1.29, 1.82) is 0 Å². The largest absolute Gasteiger partial charge is 0.383 e. The van der Waals surface area contributed by atoms with Gasteiger partial charge in [0.2, 0.25) is 0 Å². The number of anilines is 1. The van der Waals surface area contributed by atoms with Crippen LogP contribution in [0.3, 0.4) is 0 Å². The van der Waals surface area contributed by atoms with Crippen molar-refractivity contribution in [3.05, 3.63) is 28.3 Å². The molecule has 23 heavy (non-hydrogen) atoms. The van der Waals surface area contributed by atoms with Crippen molar-refractivity contribution in [2.75, 3.05) is 12.3 Å². The SMILES string of the molecule is Nc1nc(=O)n([C@H]2CCCOC23CC3)c2nc(C3CC3)ccc12. The Bertz CT molecular complexity index is 852. The maximum atomic E-state index is 12.6. The molecular formula is C17H20N4O2. The molecule has 1 saturated heterocycles. The number of ether oxygens (including phenoxy) is 1. The van der Waals surface area contributed by atoms with Gasteiger partial charge in [0.1, 0.15) is 11.5 Å². The minimum absolute atomic E-state index is 0.0290. The highest BCUT2D eigenvalue weighted by atomic mass is 16.5. The zero-order chi connectivity index (χ0) is 15.6. The normalized spacial score (nSPS) is 25.8. The van der Waals surface area contributed by atoms with Gasteiger partial charge in [0.25, 0.3) is 0 Å². The first-order valence-corrected chi connectivity index (χ1v) is 8.51. The molecule has 6 heteroatoms. The van der Waals surface area contributed by atoms with Crippen LogP contribution in [0.2, 0.25) is 0 Å².